The number of nitrogens with two attached hydrogens (primary N) is 1. The van der Waals surface area contributed by atoms with Gasteiger partial charge in [0.1, 0.15) is 0 Å². The molecule has 0 aliphatic heterocycles. The van der Waals surface area contributed by atoms with Gasteiger partial charge in [0.05, 0.1) is 18.8 Å². The van der Waals surface area contributed by atoms with Gasteiger partial charge in [-0.15, -0.1) is 0 Å². The molecule has 92 valence electrons. The average molecular weight is 280 g/mol. The van der Waals surface area contributed by atoms with Crippen LogP contribution in [0.25, 0.3) is 0 Å². The SMILES string of the molecule is CC(CN)OCC(O)CN(C)S(=O)(=O)[O-].[K+]. The summed E-state index contributed by atoms with van der Waals surface area (Å²) in [6.07, 6.45) is -1.25. The van der Waals surface area contributed by atoms with E-state index in [1.54, 1.807) is 6.92 Å². The molecule has 0 aromatic rings. The molecule has 0 heterocycles. The Hall–Kier alpha value is 1.39. The summed E-state index contributed by atoms with van der Waals surface area (Å²) in [6, 6.07) is 0. The van der Waals surface area contributed by atoms with Gasteiger partial charge in [-0.2, -0.15) is 0 Å². The predicted octanol–water partition coefficient (Wildman–Crippen LogP) is -4.89. The maximum absolute atomic E-state index is 10.5. The molecule has 0 saturated heterocycles. The van der Waals surface area contributed by atoms with Crippen molar-refractivity contribution < 1.29 is 74.2 Å². The fraction of sp³-hybridized carbons (Fsp3) is 1.00. The predicted molar refractivity (Wildman–Crippen MR) is 52.8 cm³/mol. The van der Waals surface area contributed by atoms with Gasteiger partial charge in [-0.05, 0) is 6.92 Å². The van der Waals surface area contributed by atoms with Crippen LogP contribution in [-0.2, 0) is 15.0 Å². The third kappa shape index (κ3) is 9.42. The first-order valence-corrected chi connectivity index (χ1v) is 5.80. The Morgan fingerprint density at radius 1 is 1.56 bits per heavy atom. The number of ether oxygens (including phenoxy) is 1. The smallest absolute Gasteiger partial charge is 0.735 e. The minimum Gasteiger partial charge on any atom is -0.735 e. The normalized spacial score (nSPS) is 15.6. The van der Waals surface area contributed by atoms with Crippen LogP contribution in [0.4, 0.5) is 0 Å². The molecule has 0 bridgehead atoms. The second-order valence-electron chi connectivity index (χ2n) is 3.27. The summed E-state index contributed by atoms with van der Waals surface area (Å²) in [4.78, 5) is 0. The van der Waals surface area contributed by atoms with E-state index in [1.807, 2.05) is 0 Å². The maximum atomic E-state index is 10.5. The van der Waals surface area contributed by atoms with E-state index in [0.29, 0.717) is 10.8 Å². The fourth-order valence-corrected chi connectivity index (χ4v) is 1.14. The van der Waals surface area contributed by atoms with Crippen molar-refractivity contribution in [3.8, 4) is 0 Å². The first-order valence-electron chi connectivity index (χ1n) is 4.44. The molecule has 2 unspecified atom stereocenters. The Labute approximate surface area is 139 Å². The topological polar surface area (TPSA) is 116 Å². The summed E-state index contributed by atoms with van der Waals surface area (Å²) >= 11 is 0. The molecule has 0 saturated carbocycles. The average Bonchev–Trinajstić information content (AvgIpc) is 2.12. The molecule has 16 heavy (non-hydrogen) atoms. The molecule has 9 heteroatoms. The van der Waals surface area contributed by atoms with Crippen molar-refractivity contribution in [1.29, 1.82) is 0 Å². The van der Waals surface area contributed by atoms with Crippen LogP contribution in [0.5, 0.6) is 0 Å². The van der Waals surface area contributed by atoms with E-state index in [1.165, 1.54) is 0 Å². The molecule has 0 radical (unpaired) electrons. The largest absolute Gasteiger partial charge is 1.00 e. The molecular formula is C7H17KN2O5S. The summed E-state index contributed by atoms with van der Waals surface area (Å²) < 4.78 is 37.0. The van der Waals surface area contributed by atoms with E-state index in [-0.39, 0.29) is 70.6 Å². The van der Waals surface area contributed by atoms with Crippen LogP contribution in [0.1, 0.15) is 6.92 Å². The van der Waals surface area contributed by atoms with Crippen molar-refractivity contribution >= 4 is 10.3 Å². The second-order valence-corrected chi connectivity index (χ2v) is 4.75. The van der Waals surface area contributed by atoms with Gasteiger partial charge < -0.3 is 20.1 Å². The van der Waals surface area contributed by atoms with Gasteiger partial charge in [-0.3, -0.25) is 0 Å². The van der Waals surface area contributed by atoms with Crippen molar-refractivity contribution in [1.82, 2.24) is 4.31 Å². The van der Waals surface area contributed by atoms with Crippen LogP contribution < -0.4 is 57.1 Å². The third-order valence-electron chi connectivity index (χ3n) is 1.75. The van der Waals surface area contributed by atoms with E-state index < -0.39 is 16.4 Å². The summed E-state index contributed by atoms with van der Waals surface area (Å²) in [7, 11) is -3.40. The van der Waals surface area contributed by atoms with E-state index in [0.717, 1.165) is 7.05 Å². The Balaban J connectivity index is 0. The molecule has 3 N–H and O–H groups in total. The van der Waals surface area contributed by atoms with E-state index in [9.17, 15) is 18.1 Å². The molecule has 0 rings (SSSR count). The van der Waals surface area contributed by atoms with Crippen LogP contribution in [0.15, 0.2) is 0 Å². The minimum absolute atomic E-state index is 0. The van der Waals surface area contributed by atoms with Crippen LogP contribution >= 0.6 is 0 Å². The van der Waals surface area contributed by atoms with Gasteiger partial charge in [-0.25, -0.2) is 12.7 Å². The molecule has 2 atom stereocenters. The summed E-state index contributed by atoms with van der Waals surface area (Å²) in [5.74, 6) is 0. The van der Waals surface area contributed by atoms with Gasteiger partial charge in [0, 0.05) is 20.1 Å². The Kier molecular flexibility index (Phi) is 11.5. The summed E-state index contributed by atoms with van der Waals surface area (Å²) in [5.41, 5.74) is 5.27. The molecule has 0 aliphatic rings. The zero-order valence-corrected chi connectivity index (χ0v) is 13.7. The van der Waals surface area contributed by atoms with Crippen molar-refractivity contribution in [3.63, 3.8) is 0 Å². The van der Waals surface area contributed by atoms with Crippen molar-refractivity contribution in [2.45, 2.75) is 19.1 Å². The Morgan fingerprint density at radius 3 is 2.44 bits per heavy atom. The second kappa shape index (κ2) is 9.33. The molecular weight excluding hydrogens is 263 g/mol. The maximum Gasteiger partial charge on any atom is 1.00 e. The van der Waals surface area contributed by atoms with Crippen LogP contribution in [-0.4, -0.2) is 61.3 Å². The number of aliphatic hydroxyl groups is 1. The zero-order valence-electron chi connectivity index (χ0n) is 9.79. The minimum atomic E-state index is -4.50. The number of rotatable bonds is 7. The monoisotopic (exact) mass is 280 g/mol. The van der Waals surface area contributed by atoms with Gasteiger partial charge in [0.2, 0.25) is 0 Å². The molecule has 0 aliphatic carbocycles. The van der Waals surface area contributed by atoms with Crippen molar-refractivity contribution in [3.05, 3.63) is 0 Å². The van der Waals surface area contributed by atoms with Gasteiger partial charge in [0.15, 0.2) is 10.3 Å². The summed E-state index contributed by atoms with van der Waals surface area (Å²) in [6.45, 7) is 1.69. The standard InChI is InChI=1S/C7H18N2O5S.K/c1-6(3-8)14-5-7(10)4-9(2)15(11,12)13;/h6-7,10H,3-5,8H2,1-2H3,(H,11,12,13);/q;+1/p-1. The fourth-order valence-electron chi connectivity index (χ4n) is 0.784. The first-order chi connectivity index (χ1) is 6.77. The zero-order chi connectivity index (χ0) is 12.1. The van der Waals surface area contributed by atoms with Gasteiger partial charge >= 0.3 is 51.4 Å². The number of hydrogen-bond donors (Lipinski definition) is 2. The molecule has 0 spiro atoms. The number of aliphatic hydroxyl groups excluding tert-OH is 1. The number of hydrogen-bond acceptors (Lipinski definition) is 6. The molecule has 7 nitrogen and oxygen atoms in total. The van der Waals surface area contributed by atoms with Crippen LogP contribution in [0.2, 0.25) is 0 Å². The van der Waals surface area contributed by atoms with E-state index in [2.05, 4.69) is 0 Å². The number of likely N-dealkylation sites (N-methyl/N-ethyl adjacent to an activating group) is 1. The first kappa shape index (κ1) is 19.7. The molecule has 0 fully saturated rings. The van der Waals surface area contributed by atoms with Crippen LogP contribution in [0, 0.1) is 0 Å². The Bertz CT molecular complexity index is 274. The number of nitrogens with zero attached hydrogens (tertiary/aromatic N) is 1. The van der Waals surface area contributed by atoms with Gasteiger partial charge in [0.25, 0.3) is 0 Å². The Morgan fingerprint density at radius 2 is 2.06 bits per heavy atom. The van der Waals surface area contributed by atoms with E-state index in [4.69, 9.17) is 10.5 Å². The molecule has 0 aromatic heterocycles. The quantitative estimate of drug-likeness (QED) is 0.357. The molecule has 0 amide bonds. The summed E-state index contributed by atoms with van der Waals surface area (Å²) in [5, 5.41) is 9.32. The van der Waals surface area contributed by atoms with Gasteiger partial charge in [-0.1, -0.05) is 0 Å². The van der Waals surface area contributed by atoms with E-state index >= 15 is 0 Å². The van der Waals surface area contributed by atoms with Crippen LogP contribution in [0.3, 0.4) is 0 Å². The third-order valence-corrected chi connectivity index (χ3v) is 2.67. The van der Waals surface area contributed by atoms with Crippen molar-refractivity contribution in [2.24, 2.45) is 5.73 Å². The van der Waals surface area contributed by atoms with Crippen molar-refractivity contribution in [2.75, 3.05) is 26.7 Å². The molecule has 0 aromatic carbocycles.